The number of nitrogens with zero attached hydrogens (tertiary/aromatic N) is 2. The number of hydrogen-bond acceptors (Lipinski definition) is 6. The van der Waals surface area contributed by atoms with Crippen LogP contribution < -0.4 is 5.32 Å². The van der Waals surface area contributed by atoms with E-state index in [9.17, 15) is 9.59 Å². The lowest BCUT2D eigenvalue weighted by Crippen LogP contribution is -2.36. The van der Waals surface area contributed by atoms with Crippen molar-refractivity contribution in [1.82, 2.24) is 9.88 Å². The number of rotatable bonds is 6. The molecule has 1 saturated heterocycles. The van der Waals surface area contributed by atoms with Crippen molar-refractivity contribution in [3.63, 3.8) is 0 Å². The van der Waals surface area contributed by atoms with Crippen LogP contribution in [0.1, 0.15) is 42.1 Å². The Morgan fingerprint density at radius 1 is 1.26 bits per heavy atom. The molecule has 0 aliphatic carbocycles. The Bertz CT molecular complexity index is 795. The highest BCUT2D eigenvalue weighted by atomic mass is 32.1. The van der Waals surface area contributed by atoms with Gasteiger partial charge >= 0.3 is 5.97 Å². The van der Waals surface area contributed by atoms with E-state index in [-0.39, 0.29) is 12.5 Å². The molecular formula is C20H25N3O3S. The van der Waals surface area contributed by atoms with Crippen LogP contribution in [0, 0.1) is 6.92 Å². The second-order valence-electron chi connectivity index (χ2n) is 6.68. The summed E-state index contributed by atoms with van der Waals surface area (Å²) in [5.41, 5.74) is 2.80. The van der Waals surface area contributed by atoms with Crippen LogP contribution >= 0.6 is 11.3 Å². The van der Waals surface area contributed by atoms with E-state index in [0.717, 1.165) is 31.5 Å². The molecule has 1 fully saturated rings. The van der Waals surface area contributed by atoms with Gasteiger partial charge in [-0.05, 0) is 51.4 Å². The average molecular weight is 388 g/mol. The van der Waals surface area contributed by atoms with Gasteiger partial charge in [0.2, 0.25) is 5.91 Å². The lowest BCUT2D eigenvalue weighted by Gasteiger charge is -2.25. The minimum Gasteiger partial charge on any atom is -0.462 e. The molecule has 0 aromatic carbocycles. The first-order chi connectivity index (χ1) is 13.1. The summed E-state index contributed by atoms with van der Waals surface area (Å²) in [6.45, 7) is 6.24. The molecule has 0 saturated carbocycles. The van der Waals surface area contributed by atoms with E-state index in [2.05, 4.69) is 15.2 Å². The zero-order chi connectivity index (χ0) is 19.2. The predicted octanol–water partition coefficient (Wildman–Crippen LogP) is 3.72. The van der Waals surface area contributed by atoms with Crippen LogP contribution in [0.2, 0.25) is 0 Å². The van der Waals surface area contributed by atoms with Crippen LogP contribution in [0.4, 0.5) is 5.00 Å². The van der Waals surface area contributed by atoms with Crippen LogP contribution in [-0.2, 0) is 9.53 Å². The number of thiophene rings is 1. The fraction of sp³-hybridized carbons (Fsp3) is 0.450. The Kier molecular flexibility index (Phi) is 6.58. The van der Waals surface area contributed by atoms with Gasteiger partial charge in [-0.2, -0.15) is 0 Å². The van der Waals surface area contributed by atoms with Gasteiger partial charge in [-0.15, -0.1) is 11.3 Å². The van der Waals surface area contributed by atoms with E-state index in [4.69, 9.17) is 4.74 Å². The van der Waals surface area contributed by atoms with Gasteiger partial charge < -0.3 is 10.1 Å². The van der Waals surface area contributed by atoms with Crippen LogP contribution in [0.3, 0.4) is 0 Å². The average Bonchev–Trinajstić information content (AvgIpc) is 3.06. The first-order valence-electron chi connectivity index (χ1n) is 9.32. The summed E-state index contributed by atoms with van der Waals surface area (Å²) < 4.78 is 5.22. The van der Waals surface area contributed by atoms with E-state index >= 15 is 0 Å². The standard InChI is InChI=1S/C20H25N3O3S/c1-3-26-20(25)18-15(16-8-7-14(2)11-21-16)13-27-19(18)22-17(24)12-23-9-5-4-6-10-23/h7-8,11,13H,3-6,9-10,12H2,1-2H3,(H,22,24). The van der Waals surface area contributed by atoms with Crippen LogP contribution in [-0.4, -0.2) is 48.0 Å². The highest BCUT2D eigenvalue weighted by Crippen LogP contribution is 2.35. The van der Waals surface area contributed by atoms with Crippen molar-refractivity contribution < 1.29 is 14.3 Å². The predicted molar refractivity (Wildman–Crippen MR) is 107 cm³/mol. The Hall–Kier alpha value is -2.25. The monoisotopic (exact) mass is 387 g/mol. The number of esters is 1. The van der Waals surface area contributed by atoms with E-state index in [1.807, 2.05) is 24.4 Å². The molecule has 0 atom stereocenters. The van der Waals surface area contributed by atoms with Gasteiger partial charge in [0, 0.05) is 17.1 Å². The van der Waals surface area contributed by atoms with E-state index in [1.54, 1.807) is 13.1 Å². The summed E-state index contributed by atoms with van der Waals surface area (Å²) in [5.74, 6) is -0.544. The first kappa shape index (κ1) is 19.5. The summed E-state index contributed by atoms with van der Waals surface area (Å²) in [6, 6.07) is 3.82. The van der Waals surface area contributed by atoms with Crippen molar-refractivity contribution in [2.45, 2.75) is 33.1 Å². The third-order valence-electron chi connectivity index (χ3n) is 4.53. The zero-order valence-electron chi connectivity index (χ0n) is 15.8. The molecule has 3 heterocycles. The molecule has 6 nitrogen and oxygen atoms in total. The summed E-state index contributed by atoms with van der Waals surface area (Å²) in [5, 5.41) is 5.28. The third-order valence-corrected chi connectivity index (χ3v) is 5.42. The maximum absolute atomic E-state index is 12.6. The highest BCUT2D eigenvalue weighted by molar-refractivity contribution is 7.15. The van der Waals surface area contributed by atoms with Crippen molar-refractivity contribution in [1.29, 1.82) is 0 Å². The quantitative estimate of drug-likeness (QED) is 0.765. The number of likely N-dealkylation sites (tertiary alicyclic amines) is 1. The number of amides is 1. The second-order valence-corrected chi connectivity index (χ2v) is 7.56. The maximum atomic E-state index is 12.6. The molecule has 0 radical (unpaired) electrons. The second kappa shape index (κ2) is 9.10. The van der Waals surface area contributed by atoms with E-state index in [1.165, 1.54) is 17.8 Å². The maximum Gasteiger partial charge on any atom is 0.341 e. The molecule has 144 valence electrons. The van der Waals surface area contributed by atoms with Gasteiger partial charge in [-0.25, -0.2) is 4.79 Å². The zero-order valence-corrected chi connectivity index (χ0v) is 16.6. The van der Waals surface area contributed by atoms with Gasteiger partial charge in [0.05, 0.1) is 18.8 Å². The summed E-state index contributed by atoms with van der Waals surface area (Å²) in [7, 11) is 0. The molecule has 7 heteroatoms. The Balaban J connectivity index is 1.82. The number of ether oxygens (including phenoxy) is 1. The van der Waals surface area contributed by atoms with Crippen LogP contribution in [0.25, 0.3) is 11.3 Å². The van der Waals surface area contributed by atoms with Gasteiger partial charge in [-0.1, -0.05) is 12.5 Å². The minimum absolute atomic E-state index is 0.104. The number of anilines is 1. The summed E-state index contributed by atoms with van der Waals surface area (Å²) in [6.07, 6.45) is 5.24. The van der Waals surface area contributed by atoms with Crippen molar-refractivity contribution in [3.05, 3.63) is 34.8 Å². The van der Waals surface area contributed by atoms with E-state index < -0.39 is 5.97 Å². The lowest BCUT2D eigenvalue weighted by atomic mass is 10.1. The summed E-state index contributed by atoms with van der Waals surface area (Å²) >= 11 is 1.33. The molecule has 1 N–H and O–H groups in total. The molecule has 0 unspecified atom stereocenters. The van der Waals surface area contributed by atoms with Crippen molar-refractivity contribution in [3.8, 4) is 11.3 Å². The normalized spacial score (nSPS) is 14.7. The smallest absolute Gasteiger partial charge is 0.341 e. The van der Waals surface area contributed by atoms with E-state index in [0.29, 0.717) is 28.4 Å². The van der Waals surface area contributed by atoms with Crippen molar-refractivity contribution >= 4 is 28.2 Å². The van der Waals surface area contributed by atoms with Crippen LogP contribution in [0.15, 0.2) is 23.7 Å². The minimum atomic E-state index is -0.440. The highest BCUT2D eigenvalue weighted by Gasteiger charge is 2.24. The van der Waals surface area contributed by atoms with Crippen molar-refractivity contribution in [2.75, 3.05) is 31.6 Å². The first-order valence-corrected chi connectivity index (χ1v) is 10.2. The van der Waals surface area contributed by atoms with Gasteiger partial charge in [-0.3, -0.25) is 14.7 Å². The summed E-state index contributed by atoms with van der Waals surface area (Å²) in [4.78, 5) is 31.6. The molecule has 0 bridgehead atoms. The largest absolute Gasteiger partial charge is 0.462 e. The number of aromatic nitrogens is 1. The SMILES string of the molecule is CCOC(=O)c1c(-c2ccc(C)cn2)csc1NC(=O)CN1CCCCC1. The third kappa shape index (κ3) is 4.93. The fourth-order valence-electron chi connectivity index (χ4n) is 3.16. The van der Waals surface area contributed by atoms with Gasteiger partial charge in [0.15, 0.2) is 0 Å². The molecule has 1 amide bonds. The number of carbonyl (C=O) groups excluding carboxylic acids is 2. The van der Waals surface area contributed by atoms with Gasteiger partial charge in [0.1, 0.15) is 10.6 Å². The molecule has 3 rings (SSSR count). The Labute approximate surface area is 163 Å². The molecule has 2 aromatic heterocycles. The molecular weight excluding hydrogens is 362 g/mol. The number of piperidine rings is 1. The number of pyridine rings is 1. The topological polar surface area (TPSA) is 71.5 Å². The lowest BCUT2D eigenvalue weighted by molar-refractivity contribution is -0.117. The van der Waals surface area contributed by atoms with Crippen LogP contribution in [0.5, 0.6) is 0 Å². The fourth-order valence-corrected chi connectivity index (χ4v) is 4.12. The van der Waals surface area contributed by atoms with Gasteiger partial charge in [0.25, 0.3) is 0 Å². The number of hydrogen-bond donors (Lipinski definition) is 1. The molecule has 2 aromatic rings. The molecule has 0 spiro atoms. The number of aryl methyl sites for hydroxylation is 1. The number of nitrogens with one attached hydrogen (secondary N) is 1. The number of carbonyl (C=O) groups is 2. The molecule has 27 heavy (non-hydrogen) atoms. The Morgan fingerprint density at radius 2 is 2.04 bits per heavy atom. The molecule has 1 aliphatic heterocycles. The molecule has 1 aliphatic rings. The Morgan fingerprint density at radius 3 is 2.70 bits per heavy atom. The van der Waals surface area contributed by atoms with Crippen molar-refractivity contribution in [2.24, 2.45) is 0 Å².